The van der Waals surface area contributed by atoms with Crippen molar-refractivity contribution in [3.05, 3.63) is 0 Å². The predicted molar refractivity (Wildman–Crippen MR) is 175 cm³/mol. The highest BCUT2D eigenvalue weighted by Gasteiger charge is 2.66. The van der Waals surface area contributed by atoms with Crippen molar-refractivity contribution in [2.75, 3.05) is 59.5 Å². The average Bonchev–Trinajstić information content (AvgIpc) is 2.97. The summed E-state index contributed by atoms with van der Waals surface area (Å²) in [5.41, 5.74) is -0.226. The summed E-state index contributed by atoms with van der Waals surface area (Å²) in [5.74, 6) is 0.299. The lowest BCUT2D eigenvalue weighted by atomic mass is 9.65. The molecule has 0 aliphatic heterocycles. The molecule has 4 unspecified atom stereocenters. The third-order valence-corrected chi connectivity index (χ3v) is 20.1. The number of hydrogen-bond acceptors (Lipinski definition) is 9. The molecule has 12 heteroatoms. The van der Waals surface area contributed by atoms with Crippen molar-refractivity contribution in [1.82, 2.24) is 0 Å². The van der Waals surface area contributed by atoms with Gasteiger partial charge in [0.05, 0.1) is 0 Å². The van der Waals surface area contributed by atoms with Crippen LogP contribution in [0.3, 0.4) is 0 Å². The van der Waals surface area contributed by atoms with E-state index in [0.29, 0.717) is 65.4 Å². The first-order valence-corrected chi connectivity index (χ1v) is 22.2. The van der Waals surface area contributed by atoms with Gasteiger partial charge < -0.3 is 39.8 Å². The Labute approximate surface area is 262 Å². The summed E-state index contributed by atoms with van der Waals surface area (Å²) in [5, 5.41) is 0. The zero-order chi connectivity index (χ0) is 31.9. The van der Waals surface area contributed by atoms with Crippen molar-refractivity contribution in [1.29, 1.82) is 0 Å². The van der Waals surface area contributed by atoms with Gasteiger partial charge in [0.25, 0.3) is 0 Å². The Morgan fingerprint density at radius 3 is 1.07 bits per heavy atom. The topological polar surface area (TPSA) is 83.1 Å². The van der Waals surface area contributed by atoms with Gasteiger partial charge in [0, 0.05) is 76.1 Å². The Morgan fingerprint density at radius 2 is 0.786 bits per heavy atom. The Kier molecular flexibility index (Phi) is 18.9. The van der Waals surface area contributed by atoms with Gasteiger partial charge in [-0.3, -0.25) is 0 Å². The predicted octanol–water partition coefficient (Wildman–Crippen LogP) is 7.48. The molecule has 0 aromatic rings. The Bertz CT molecular complexity index is 634. The fourth-order valence-corrected chi connectivity index (χ4v) is 17.4. The van der Waals surface area contributed by atoms with Crippen molar-refractivity contribution in [3.63, 3.8) is 0 Å². The van der Waals surface area contributed by atoms with Gasteiger partial charge in [0.2, 0.25) is 0 Å². The van der Waals surface area contributed by atoms with E-state index >= 15 is 0 Å². The third kappa shape index (κ3) is 9.19. The molecule has 1 aliphatic rings. The molecule has 0 amide bonds. The van der Waals surface area contributed by atoms with E-state index < -0.39 is 26.4 Å². The van der Waals surface area contributed by atoms with Crippen LogP contribution in [0.2, 0.25) is 16.6 Å². The van der Waals surface area contributed by atoms with Gasteiger partial charge in [-0.05, 0) is 86.5 Å². The highest BCUT2D eigenvalue weighted by atomic mass is 28.4. The molecule has 0 aromatic carbocycles. The van der Waals surface area contributed by atoms with Gasteiger partial charge >= 0.3 is 26.4 Å². The highest BCUT2D eigenvalue weighted by molar-refractivity contribution is 6.65. The molecule has 0 saturated heterocycles. The Morgan fingerprint density at radius 1 is 0.500 bits per heavy atom. The second-order valence-electron chi connectivity index (χ2n) is 11.0. The zero-order valence-corrected chi connectivity index (χ0v) is 32.2. The summed E-state index contributed by atoms with van der Waals surface area (Å²) in [4.78, 5) is 0. The van der Waals surface area contributed by atoms with E-state index in [9.17, 15) is 0 Å². The average molecular weight is 655 g/mol. The van der Waals surface area contributed by atoms with Crippen LogP contribution in [0, 0.1) is 11.3 Å². The molecule has 0 radical (unpaired) electrons. The minimum absolute atomic E-state index is 0.0227. The molecule has 1 aliphatic carbocycles. The quantitative estimate of drug-likeness (QED) is 0.0984. The molecular weight excluding hydrogens is 589 g/mol. The maximum atomic E-state index is 6.59. The highest BCUT2D eigenvalue weighted by Crippen LogP contribution is 2.63. The molecule has 4 atom stereocenters. The van der Waals surface area contributed by atoms with Crippen LogP contribution in [0.5, 0.6) is 0 Å². The molecule has 0 N–H and O–H groups in total. The molecule has 0 heterocycles. The molecule has 252 valence electrons. The van der Waals surface area contributed by atoms with Gasteiger partial charge in [-0.25, -0.2) is 0 Å². The van der Waals surface area contributed by atoms with Crippen LogP contribution >= 0.6 is 0 Å². The maximum absolute atomic E-state index is 6.59. The fourth-order valence-electron chi connectivity index (χ4n) is 7.30. The lowest BCUT2D eigenvalue weighted by Crippen LogP contribution is -2.62. The standard InChI is InChI=1S/C30H66O9Si3/c1-13-31-40(32-14-2,33-15-3)26(10)29-23-22-24-30(25-29,27(11)41(34-16-4,35-17-5)36-18-6)28(12)42(37-19-7,38-20-8)39-21-9/h26-29H,13-25H2,1-12H3. The van der Waals surface area contributed by atoms with Crippen molar-refractivity contribution in [2.24, 2.45) is 11.3 Å². The molecule has 1 fully saturated rings. The van der Waals surface area contributed by atoms with Crippen LogP contribution in [-0.4, -0.2) is 85.9 Å². The number of rotatable bonds is 24. The monoisotopic (exact) mass is 654 g/mol. The van der Waals surface area contributed by atoms with Crippen LogP contribution in [0.15, 0.2) is 0 Å². The number of hydrogen-bond donors (Lipinski definition) is 0. The second-order valence-corrected chi connectivity index (χ2v) is 19.9. The largest absolute Gasteiger partial charge is 0.504 e. The van der Waals surface area contributed by atoms with Crippen molar-refractivity contribution >= 4 is 26.4 Å². The van der Waals surface area contributed by atoms with E-state index in [2.05, 4.69) is 20.8 Å². The van der Waals surface area contributed by atoms with E-state index in [-0.39, 0.29) is 22.0 Å². The summed E-state index contributed by atoms with van der Waals surface area (Å²) < 4.78 is 58.9. The molecular formula is C30H66O9Si3. The normalized spacial score (nSPS) is 22.7. The summed E-state index contributed by atoms with van der Waals surface area (Å²) in [6.07, 6.45) is 4.00. The maximum Gasteiger partial charge on any atom is 0.504 e. The van der Waals surface area contributed by atoms with Crippen LogP contribution in [0.1, 0.15) is 109 Å². The lowest BCUT2D eigenvalue weighted by molar-refractivity contribution is -0.00890. The van der Waals surface area contributed by atoms with Gasteiger partial charge in [-0.1, -0.05) is 33.6 Å². The second kappa shape index (κ2) is 19.7. The smallest absolute Gasteiger partial charge is 0.374 e. The van der Waals surface area contributed by atoms with E-state index in [1.54, 1.807) is 0 Å². The molecule has 9 nitrogen and oxygen atoms in total. The van der Waals surface area contributed by atoms with E-state index in [1.807, 2.05) is 62.3 Å². The molecule has 0 aromatic heterocycles. The van der Waals surface area contributed by atoms with E-state index in [4.69, 9.17) is 39.8 Å². The summed E-state index contributed by atoms with van der Waals surface area (Å²) in [6.45, 7) is 30.0. The molecule has 0 bridgehead atoms. The lowest BCUT2D eigenvalue weighted by Gasteiger charge is -2.56. The molecule has 1 saturated carbocycles. The van der Waals surface area contributed by atoms with Crippen molar-refractivity contribution < 1.29 is 39.8 Å². The van der Waals surface area contributed by atoms with Crippen LogP contribution in [0.4, 0.5) is 0 Å². The SMILES string of the molecule is CCO[Si](OCC)(OCC)C(C)C1CCCC(C(C)[Si](OCC)(OCC)OCC)(C(C)[Si](OCC)(OCC)OCC)C1. The van der Waals surface area contributed by atoms with E-state index in [0.717, 1.165) is 25.7 Å². The minimum atomic E-state index is -3.15. The zero-order valence-electron chi connectivity index (χ0n) is 29.2. The first kappa shape index (κ1) is 40.3. The Balaban J connectivity index is 3.92. The summed E-state index contributed by atoms with van der Waals surface area (Å²) in [6, 6.07) is 0. The minimum Gasteiger partial charge on any atom is -0.374 e. The molecule has 1 rings (SSSR count). The van der Waals surface area contributed by atoms with E-state index in [1.165, 1.54) is 0 Å². The third-order valence-electron chi connectivity index (χ3n) is 9.02. The van der Waals surface area contributed by atoms with Gasteiger partial charge in [-0.15, -0.1) is 0 Å². The first-order chi connectivity index (χ1) is 20.1. The Hall–Kier alpha value is 0.291. The van der Waals surface area contributed by atoms with Crippen molar-refractivity contribution in [2.45, 2.75) is 125 Å². The molecule has 0 spiro atoms. The summed E-state index contributed by atoms with van der Waals surface area (Å²) in [7, 11) is -9.27. The summed E-state index contributed by atoms with van der Waals surface area (Å²) >= 11 is 0. The van der Waals surface area contributed by atoms with Gasteiger partial charge in [0.15, 0.2) is 0 Å². The van der Waals surface area contributed by atoms with Gasteiger partial charge in [0.1, 0.15) is 0 Å². The first-order valence-electron chi connectivity index (χ1n) is 16.8. The molecule has 42 heavy (non-hydrogen) atoms. The van der Waals surface area contributed by atoms with Crippen LogP contribution < -0.4 is 0 Å². The van der Waals surface area contributed by atoms with Gasteiger partial charge in [-0.2, -0.15) is 0 Å². The fraction of sp³-hybridized carbons (Fsp3) is 1.00. The van der Waals surface area contributed by atoms with Crippen LogP contribution in [0.25, 0.3) is 0 Å². The van der Waals surface area contributed by atoms with Crippen LogP contribution in [-0.2, 0) is 39.8 Å². The van der Waals surface area contributed by atoms with Crippen molar-refractivity contribution in [3.8, 4) is 0 Å².